The number of likely N-dealkylation sites (N-methyl/N-ethyl adjacent to an activating group) is 1. The van der Waals surface area contributed by atoms with E-state index in [-0.39, 0.29) is 36.8 Å². The minimum absolute atomic E-state index is 0.0933. The van der Waals surface area contributed by atoms with E-state index in [0.717, 1.165) is 16.9 Å². The number of carbonyl (C=O) groups excluding carboxylic acids is 2. The zero-order chi connectivity index (χ0) is 19.8. The largest absolute Gasteiger partial charge is 0.345 e. The van der Waals surface area contributed by atoms with Crippen LogP contribution in [-0.2, 0) is 16.0 Å². The van der Waals surface area contributed by atoms with Crippen molar-refractivity contribution < 1.29 is 18.9 Å². The molecule has 27 heavy (non-hydrogen) atoms. The molecule has 2 aromatic carbocycles. The van der Waals surface area contributed by atoms with E-state index in [1.165, 1.54) is 29.8 Å². The van der Waals surface area contributed by atoms with E-state index < -0.39 is 0 Å². The lowest BCUT2D eigenvalue weighted by Gasteiger charge is -2.17. The molecule has 0 aliphatic heterocycles. The smallest absolute Gasteiger partial charge is 0.279 e. The fourth-order valence-electron chi connectivity index (χ4n) is 2.77. The average Bonchev–Trinajstić information content (AvgIpc) is 2.63. The predicted molar refractivity (Wildman–Crippen MR) is 104 cm³/mol. The van der Waals surface area contributed by atoms with Gasteiger partial charge in [0.05, 0.1) is 13.1 Å². The number of halogens is 1. The van der Waals surface area contributed by atoms with E-state index in [1.807, 2.05) is 19.1 Å². The van der Waals surface area contributed by atoms with Gasteiger partial charge in [-0.1, -0.05) is 31.2 Å². The van der Waals surface area contributed by atoms with Crippen molar-refractivity contribution in [1.82, 2.24) is 5.32 Å². The minimum atomic E-state index is -0.356. The van der Waals surface area contributed by atoms with E-state index in [0.29, 0.717) is 5.69 Å². The number of amides is 2. The summed E-state index contributed by atoms with van der Waals surface area (Å²) in [5.41, 5.74) is 2.84. The van der Waals surface area contributed by atoms with Crippen molar-refractivity contribution in [2.75, 3.05) is 25.5 Å². The van der Waals surface area contributed by atoms with Gasteiger partial charge in [0.25, 0.3) is 11.8 Å². The molecule has 5 nitrogen and oxygen atoms in total. The Balaban J connectivity index is 1.78. The minimum Gasteiger partial charge on any atom is -0.345 e. The predicted octanol–water partition coefficient (Wildman–Crippen LogP) is 1.72. The van der Waals surface area contributed by atoms with Gasteiger partial charge in [-0.2, -0.15) is 0 Å². The van der Waals surface area contributed by atoms with Crippen LogP contribution in [-0.4, -0.2) is 32.0 Å². The number of benzene rings is 2. The second-order valence-corrected chi connectivity index (χ2v) is 6.75. The molecule has 0 aromatic heterocycles. The van der Waals surface area contributed by atoms with E-state index >= 15 is 0 Å². The summed E-state index contributed by atoms with van der Waals surface area (Å²) < 4.78 is 12.9. The molecule has 0 spiro atoms. The lowest BCUT2D eigenvalue weighted by atomic mass is 10.1. The van der Waals surface area contributed by atoms with Crippen molar-refractivity contribution in [3.05, 3.63) is 65.5 Å². The molecule has 0 saturated heterocycles. The third-order valence-electron chi connectivity index (χ3n) is 4.32. The first kappa shape index (κ1) is 20.6. The molecule has 0 aliphatic rings. The monoisotopic (exact) mass is 372 g/mol. The van der Waals surface area contributed by atoms with Gasteiger partial charge in [0, 0.05) is 5.69 Å². The molecule has 3 N–H and O–H groups in total. The molecule has 1 unspecified atom stereocenters. The van der Waals surface area contributed by atoms with Gasteiger partial charge in [0.2, 0.25) is 0 Å². The molecule has 2 rings (SSSR count). The molecular weight excluding hydrogens is 345 g/mol. The quantitative estimate of drug-likeness (QED) is 0.661. The van der Waals surface area contributed by atoms with Crippen LogP contribution < -0.4 is 15.5 Å². The van der Waals surface area contributed by atoms with Gasteiger partial charge in [-0.05, 0) is 48.7 Å². The fraction of sp³-hybridized carbons (Fsp3) is 0.333. The molecule has 2 amide bonds. The number of rotatable bonds is 8. The third kappa shape index (κ3) is 6.83. The number of nitrogens with one attached hydrogen (secondary N) is 3. The summed E-state index contributed by atoms with van der Waals surface area (Å²) >= 11 is 0. The van der Waals surface area contributed by atoms with Crippen LogP contribution in [0.3, 0.4) is 0 Å². The summed E-state index contributed by atoms with van der Waals surface area (Å²) in [7, 11) is 1.78. The number of anilines is 1. The Bertz CT molecular complexity index is 760. The average molecular weight is 372 g/mol. The van der Waals surface area contributed by atoms with Crippen LogP contribution in [0.1, 0.15) is 31.0 Å². The lowest BCUT2D eigenvalue weighted by Crippen LogP contribution is -3.11. The molecule has 2 aromatic rings. The number of hydrogen-bond acceptors (Lipinski definition) is 2. The van der Waals surface area contributed by atoms with E-state index in [4.69, 9.17) is 0 Å². The maximum atomic E-state index is 12.9. The van der Waals surface area contributed by atoms with Gasteiger partial charge in [-0.3, -0.25) is 9.59 Å². The van der Waals surface area contributed by atoms with Gasteiger partial charge >= 0.3 is 0 Å². The van der Waals surface area contributed by atoms with Crippen molar-refractivity contribution >= 4 is 17.5 Å². The normalized spacial score (nSPS) is 12.9. The number of quaternary nitrogens is 1. The van der Waals surface area contributed by atoms with Crippen LogP contribution in [0.2, 0.25) is 0 Å². The first-order chi connectivity index (χ1) is 12.9. The zero-order valence-electron chi connectivity index (χ0n) is 16.0. The Morgan fingerprint density at radius 3 is 2.19 bits per heavy atom. The van der Waals surface area contributed by atoms with Crippen LogP contribution >= 0.6 is 0 Å². The summed E-state index contributed by atoms with van der Waals surface area (Å²) in [4.78, 5) is 25.0. The third-order valence-corrected chi connectivity index (χ3v) is 4.32. The summed E-state index contributed by atoms with van der Waals surface area (Å²) in [5.74, 6) is -0.699. The van der Waals surface area contributed by atoms with Crippen LogP contribution in [0, 0.1) is 5.82 Å². The SMILES string of the molecule is CCc1ccc([C@H](C)NC(=O)C[NH+](C)CC(=O)Nc2ccc(F)cc2)cc1. The highest BCUT2D eigenvalue weighted by Crippen LogP contribution is 2.13. The topological polar surface area (TPSA) is 62.6 Å². The Morgan fingerprint density at radius 2 is 1.59 bits per heavy atom. The molecule has 0 bridgehead atoms. The fourth-order valence-corrected chi connectivity index (χ4v) is 2.77. The van der Waals surface area contributed by atoms with E-state index in [9.17, 15) is 14.0 Å². The second kappa shape index (κ2) is 9.83. The number of carbonyl (C=O) groups is 2. The molecular formula is C21H27FN3O2+. The van der Waals surface area contributed by atoms with Gasteiger partial charge in [-0.25, -0.2) is 4.39 Å². The number of aryl methyl sites for hydroxylation is 1. The maximum absolute atomic E-state index is 12.9. The van der Waals surface area contributed by atoms with Crippen molar-refractivity contribution in [3.8, 4) is 0 Å². The molecule has 0 radical (unpaired) electrons. The second-order valence-electron chi connectivity index (χ2n) is 6.75. The Morgan fingerprint density at radius 1 is 1.00 bits per heavy atom. The van der Waals surface area contributed by atoms with Crippen LogP contribution in [0.25, 0.3) is 0 Å². The molecule has 2 atom stereocenters. The summed E-state index contributed by atoms with van der Waals surface area (Å²) in [6.07, 6.45) is 0.981. The van der Waals surface area contributed by atoms with E-state index in [1.54, 1.807) is 7.05 Å². The molecule has 0 heterocycles. The van der Waals surface area contributed by atoms with Crippen LogP contribution in [0.15, 0.2) is 48.5 Å². The van der Waals surface area contributed by atoms with Crippen molar-refractivity contribution in [1.29, 1.82) is 0 Å². The van der Waals surface area contributed by atoms with Crippen molar-refractivity contribution in [2.24, 2.45) is 0 Å². The Kier molecular flexibility index (Phi) is 7.49. The molecule has 6 heteroatoms. The molecule has 144 valence electrons. The maximum Gasteiger partial charge on any atom is 0.279 e. The first-order valence-corrected chi connectivity index (χ1v) is 9.12. The first-order valence-electron chi connectivity index (χ1n) is 9.12. The number of hydrogen-bond donors (Lipinski definition) is 3. The van der Waals surface area contributed by atoms with Crippen LogP contribution in [0.5, 0.6) is 0 Å². The lowest BCUT2D eigenvalue weighted by molar-refractivity contribution is -0.862. The standard InChI is InChI=1S/C21H26FN3O2/c1-4-16-5-7-17(8-6-16)15(2)23-20(26)13-25(3)14-21(27)24-19-11-9-18(22)10-12-19/h5-12,15H,4,13-14H2,1-3H3,(H,23,26)(H,24,27)/p+1/t15-/m0/s1. The van der Waals surface area contributed by atoms with Crippen LogP contribution in [0.4, 0.5) is 10.1 Å². The highest BCUT2D eigenvalue weighted by molar-refractivity contribution is 5.91. The molecule has 0 fully saturated rings. The molecule has 0 saturated carbocycles. The Labute approximate surface area is 159 Å². The van der Waals surface area contributed by atoms with E-state index in [2.05, 4.69) is 29.7 Å². The van der Waals surface area contributed by atoms with Gasteiger partial charge in [0.1, 0.15) is 5.82 Å². The Hall–Kier alpha value is -2.73. The zero-order valence-corrected chi connectivity index (χ0v) is 16.0. The van der Waals surface area contributed by atoms with Crippen molar-refractivity contribution in [3.63, 3.8) is 0 Å². The summed E-state index contributed by atoms with van der Waals surface area (Å²) in [5, 5.41) is 5.65. The van der Waals surface area contributed by atoms with Gasteiger partial charge < -0.3 is 15.5 Å². The van der Waals surface area contributed by atoms with Crippen molar-refractivity contribution in [2.45, 2.75) is 26.3 Å². The highest BCUT2D eigenvalue weighted by Gasteiger charge is 2.16. The van der Waals surface area contributed by atoms with Gasteiger partial charge in [-0.15, -0.1) is 0 Å². The summed E-state index contributed by atoms with van der Waals surface area (Å²) in [6, 6.07) is 13.7. The van der Waals surface area contributed by atoms with Gasteiger partial charge in [0.15, 0.2) is 13.1 Å². The highest BCUT2D eigenvalue weighted by atomic mass is 19.1. The summed E-state index contributed by atoms with van der Waals surface area (Å²) in [6.45, 7) is 4.37. The molecule has 0 aliphatic carbocycles.